The Labute approximate surface area is 140 Å². The van der Waals surface area contributed by atoms with Crippen LogP contribution in [0.3, 0.4) is 0 Å². The summed E-state index contributed by atoms with van der Waals surface area (Å²) in [6.45, 7) is 8.82. The van der Waals surface area contributed by atoms with E-state index in [4.69, 9.17) is 9.41 Å². The van der Waals surface area contributed by atoms with Crippen molar-refractivity contribution in [3.63, 3.8) is 0 Å². The third kappa shape index (κ3) is 5.57. The molecule has 1 aromatic heterocycles. The van der Waals surface area contributed by atoms with Gasteiger partial charge < -0.3 is 20.0 Å². The summed E-state index contributed by atoms with van der Waals surface area (Å²) in [5.74, 6) is 2.74. The van der Waals surface area contributed by atoms with Gasteiger partial charge in [0.1, 0.15) is 11.5 Å². The Morgan fingerprint density at radius 3 is 2.74 bits per heavy atom. The molecule has 1 saturated carbocycles. The lowest BCUT2D eigenvalue weighted by Crippen LogP contribution is -2.39. The third-order valence-corrected chi connectivity index (χ3v) is 4.56. The summed E-state index contributed by atoms with van der Waals surface area (Å²) in [5, 5.41) is 6.73. The van der Waals surface area contributed by atoms with Crippen LogP contribution in [0.15, 0.2) is 21.5 Å². The summed E-state index contributed by atoms with van der Waals surface area (Å²) in [6.07, 6.45) is 5.44. The van der Waals surface area contributed by atoms with E-state index in [9.17, 15) is 0 Å². The van der Waals surface area contributed by atoms with Crippen LogP contribution >= 0.6 is 0 Å². The average Bonchev–Trinajstić information content (AvgIpc) is 3.18. The van der Waals surface area contributed by atoms with Gasteiger partial charge >= 0.3 is 0 Å². The number of aliphatic imine (C=N–C) groups is 1. The van der Waals surface area contributed by atoms with Crippen LogP contribution in [0.25, 0.3) is 0 Å². The molecule has 0 aliphatic heterocycles. The van der Waals surface area contributed by atoms with E-state index in [2.05, 4.69) is 36.4 Å². The van der Waals surface area contributed by atoms with Gasteiger partial charge in [-0.25, -0.2) is 0 Å². The van der Waals surface area contributed by atoms with Crippen molar-refractivity contribution in [3.05, 3.63) is 23.7 Å². The van der Waals surface area contributed by atoms with Crippen molar-refractivity contribution in [1.29, 1.82) is 0 Å². The van der Waals surface area contributed by atoms with Crippen molar-refractivity contribution < 1.29 is 4.42 Å². The average molecular weight is 320 g/mol. The highest BCUT2D eigenvalue weighted by Gasteiger charge is 2.18. The number of hydrogen-bond donors (Lipinski definition) is 2. The second-order valence-electron chi connectivity index (χ2n) is 6.49. The van der Waals surface area contributed by atoms with Gasteiger partial charge in [-0.3, -0.25) is 4.99 Å². The first-order valence-electron chi connectivity index (χ1n) is 8.91. The van der Waals surface area contributed by atoms with Gasteiger partial charge in [-0.1, -0.05) is 12.8 Å². The SMILES string of the molecule is CCNC(=NCCN(C)C1CCCC1)NC(C)c1ccc(C)o1. The highest BCUT2D eigenvalue weighted by molar-refractivity contribution is 5.80. The Morgan fingerprint density at radius 1 is 1.39 bits per heavy atom. The standard InChI is InChI=1S/C18H32N4O/c1-5-19-18(21-15(3)17-11-10-14(2)23-17)20-12-13-22(4)16-8-6-7-9-16/h10-11,15-16H,5-9,12-13H2,1-4H3,(H2,19,20,21). The second kappa shape index (κ2) is 8.96. The molecule has 0 spiro atoms. The monoisotopic (exact) mass is 320 g/mol. The molecule has 1 aliphatic rings. The van der Waals surface area contributed by atoms with E-state index in [-0.39, 0.29) is 6.04 Å². The molecule has 2 rings (SSSR count). The molecule has 0 bridgehead atoms. The number of aryl methyl sites for hydroxylation is 1. The molecular formula is C18H32N4O. The summed E-state index contributed by atoms with van der Waals surface area (Å²) in [5.41, 5.74) is 0. The zero-order valence-corrected chi connectivity index (χ0v) is 15.1. The number of furan rings is 1. The Kier molecular flexibility index (Phi) is 6.96. The first kappa shape index (κ1) is 17.9. The van der Waals surface area contributed by atoms with Crippen molar-refractivity contribution in [2.24, 2.45) is 4.99 Å². The van der Waals surface area contributed by atoms with Crippen molar-refractivity contribution in [2.75, 3.05) is 26.7 Å². The Hall–Kier alpha value is -1.49. The van der Waals surface area contributed by atoms with E-state index in [0.717, 1.165) is 43.2 Å². The summed E-state index contributed by atoms with van der Waals surface area (Å²) >= 11 is 0. The number of guanidine groups is 1. The largest absolute Gasteiger partial charge is 0.464 e. The number of rotatable bonds is 7. The van der Waals surface area contributed by atoms with Gasteiger partial charge in [0.15, 0.2) is 5.96 Å². The number of nitrogens with one attached hydrogen (secondary N) is 2. The summed E-state index contributed by atoms with van der Waals surface area (Å²) in [7, 11) is 2.22. The Balaban J connectivity index is 1.83. The molecule has 5 nitrogen and oxygen atoms in total. The van der Waals surface area contributed by atoms with Gasteiger partial charge in [-0.2, -0.15) is 0 Å². The Bertz CT molecular complexity index is 491. The highest BCUT2D eigenvalue weighted by Crippen LogP contribution is 2.22. The van der Waals surface area contributed by atoms with Crippen LogP contribution in [0, 0.1) is 6.92 Å². The molecule has 1 atom stereocenters. The van der Waals surface area contributed by atoms with Crippen molar-refractivity contribution in [3.8, 4) is 0 Å². The van der Waals surface area contributed by atoms with E-state index in [1.54, 1.807) is 0 Å². The molecular weight excluding hydrogens is 288 g/mol. The number of nitrogens with zero attached hydrogens (tertiary/aromatic N) is 2. The topological polar surface area (TPSA) is 52.8 Å². The van der Waals surface area contributed by atoms with Crippen LogP contribution in [0.5, 0.6) is 0 Å². The minimum Gasteiger partial charge on any atom is -0.464 e. The maximum atomic E-state index is 5.68. The van der Waals surface area contributed by atoms with Crippen LogP contribution < -0.4 is 10.6 Å². The maximum absolute atomic E-state index is 5.68. The molecule has 23 heavy (non-hydrogen) atoms. The van der Waals surface area contributed by atoms with Gasteiger partial charge in [0, 0.05) is 19.1 Å². The number of hydrogen-bond acceptors (Lipinski definition) is 3. The normalized spacial score (nSPS) is 17.7. The summed E-state index contributed by atoms with van der Waals surface area (Å²) < 4.78 is 5.68. The number of likely N-dealkylation sites (N-methyl/N-ethyl adjacent to an activating group) is 1. The maximum Gasteiger partial charge on any atom is 0.191 e. The van der Waals surface area contributed by atoms with Crippen molar-refractivity contribution >= 4 is 5.96 Å². The van der Waals surface area contributed by atoms with Crippen LogP contribution in [-0.2, 0) is 0 Å². The molecule has 2 N–H and O–H groups in total. The predicted molar refractivity (Wildman–Crippen MR) is 95.9 cm³/mol. The van der Waals surface area contributed by atoms with Gasteiger partial charge in [0.2, 0.25) is 0 Å². The van der Waals surface area contributed by atoms with Gasteiger partial charge in [0.25, 0.3) is 0 Å². The minimum absolute atomic E-state index is 0.106. The zero-order valence-electron chi connectivity index (χ0n) is 15.1. The lowest BCUT2D eigenvalue weighted by Gasteiger charge is -2.23. The molecule has 1 aliphatic carbocycles. The minimum atomic E-state index is 0.106. The zero-order chi connectivity index (χ0) is 16.7. The van der Waals surface area contributed by atoms with E-state index in [1.807, 2.05) is 19.1 Å². The fourth-order valence-corrected chi connectivity index (χ4v) is 3.13. The molecule has 1 heterocycles. The molecule has 1 aromatic rings. The lowest BCUT2D eigenvalue weighted by atomic mass is 10.2. The molecule has 5 heteroatoms. The smallest absolute Gasteiger partial charge is 0.191 e. The fourth-order valence-electron chi connectivity index (χ4n) is 3.13. The predicted octanol–water partition coefficient (Wildman–Crippen LogP) is 3.08. The molecule has 0 aromatic carbocycles. The van der Waals surface area contributed by atoms with E-state index in [0.29, 0.717) is 0 Å². The molecule has 1 fully saturated rings. The molecule has 0 radical (unpaired) electrons. The van der Waals surface area contributed by atoms with Crippen molar-refractivity contribution in [2.45, 2.75) is 58.5 Å². The molecule has 1 unspecified atom stereocenters. The van der Waals surface area contributed by atoms with E-state index < -0.39 is 0 Å². The van der Waals surface area contributed by atoms with E-state index >= 15 is 0 Å². The summed E-state index contributed by atoms with van der Waals surface area (Å²) in [4.78, 5) is 7.17. The molecule has 130 valence electrons. The molecule has 0 amide bonds. The van der Waals surface area contributed by atoms with Crippen LogP contribution in [0.4, 0.5) is 0 Å². The first-order valence-corrected chi connectivity index (χ1v) is 8.91. The summed E-state index contributed by atoms with van der Waals surface area (Å²) in [6, 6.07) is 4.87. The lowest BCUT2D eigenvalue weighted by molar-refractivity contribution is 0.252. The first-order chi connectivity index (χ1) is 11.1. The van der Waals surface area contributed by atoms with E-state index in [1.165, 1.54) is 25.7 Å². The second-order valence-corrected chi connectivity index (χ2v) is 6.49. The third-order valence-electron chi connectivity index (χ3n) is 4.56. The highest BCUT2D eigenvalue weighted by atomic mass is 16.3. The van der Waals surface area contributed by atoms with Crippen molar-refractivity contribution in [1.82, 2.24) is 15.5 Å². The van der Waals surface area contributed by atoms with Crippen LogP contribution in [0.2, 0.25) is 0 Å². The van der Waals surface area contributed by atoms with Crippen LogP contribution in [-0.4, -0.2) is 43.6 Å². The Morgan fingerprint density at radius 2 is 2.13 bits per heavy atom. The fraction of sp³-hybridized carbons (Fsp3) is 0.722. The molecule has 0 saturated heterocycles. The van der Waals surface area contributed by atoms with Gasteiger partial charge in [-0.15, -0.1) is 0 Å². The van der Waals surface area contributed by atoms with Gasteiger partial charge in [0.05, 0.1) is 12.6 Å². The van der Waals surface area contributed by atoms with Crippen LogP contribution in [0.1, 0.15) is 57.1 Å². The quantitative estimate of drug-likeness (QED) is 0.599. The van der Waals surface area contributed by atoms with Gasteiger partial charge in [-0.05, 0) is 52.8 Å².